The van der Waals surface area contributed by atoms with Gasteiger partial charge in [0.15, 0.2) is 0 Å². The lowest BCUT2D eigenvalue weighted by Gasteiger charge is -2.30. The molecule has 0 bridgehead atoms. The van der Waals surface area contributed by atoms with Crippen molar-refractivity contribution in [3.8, 4) is 0 Å². The summed E-state index contributed by atoms with van der Waals surface area (Å²) in [5.41, 5.74) is 8.36. The van der Waals surface area contributed by atoms with Gasteiger partial charge in [0, 0.05) is 12.0 Å². The first-order valence-corrected chi connectivity index (χ1v) is 7.14. The number of carbonyl (C=O) groups excluding carboxylic acids is 1. The fraction of sp³-hybridized carbons (Fsp3) is 0.562. The summed E-state index contributed by atoms with van der Waals surface area (Å²) in [6.45, 7) is 4.55. The highest BCUT2D eigenvalue weighted by molar-refractivity contribution is 5.81. The molecular weight excluding hydrogens is 236 g/mol. The number of rotatable bonds is 4. The van der Waals surface area contributed by atoms with Gasteiger partial charge in [-0.15, -0.1) is 0 Å². The predicted octanol–water partition coefficient (Wildman–Crippen LogP) is 2.27. The second-order valence-electron chi connectivity index (χ2n) is 5.86. The summed E-state index contributed by atoms with van der Waals surface area (Å²) in [7, 11) is 0. The number of hydrogen-bond acceptors (Lipinski definition) is 2. The molecule has 1 aromatic carbocycles. The highest BCUT2D eigenvalue weighted by Crippen LogP contribution is 2.40. The number of amides is 1. The fourth-order valence-corrected chi connectivity index (χ4v) is 3.01. The van der Waals surface area contributed by atoms with Gasteiger partial charge in [0.25, 0.3) is 0 Å². The molecule has 0 aromatic heterocycles. The molecule has 1 aliphatic carbocycles. The van der Waals surface area contributed by atoms with Gasteiger partial charge in [-0.1, -0.05) is 42.7 Å². The third-order valence-corrected chi connectivity index (χ3v) is 4.21. The molecule has 104 valence electrons. The Morgan fingerprint density at radius 3 is 2.68 bits per heavy atom. The number of benzene rings is 1. The lowest BCUT2D eigenvalue weighted by Crippen LogP contribution is -2.45. The predicted molar refractivity (Wildman–Crippen MR) is 78.0 cm³/mol. The summed E-state index contributed by atoms with van der Waals surface area (Å²) in [5, 5.41) is 3.02. The van der Waals surface area contributed by atoms with E-state index in [4.69, 9.17) is 5.73 Å². The van der Waals surface area contributed by atoms with Crippen LogP contribution in [0.15, 0.2) is 24.3 Å². The zero-order chi connectivity index (χ0) is 13.9. The van der Waals surface area contributed by atoms with Crippen LogP contribution in [0, 0.1) is 6.92 Å². The molecule has 19 heavy (non-hydrogen) atoms. The Hall–Kier alpha value is -1.35. The zero-order valence-corrected chi connectivity index (χ0v) is 11.9. The minimum absolute atomic E-state index is 0.0565. The summed E-state index contributed by atoms with van der Waals surface area (Å²) in [5.74, 6) is -0.0565. The maximum atomic E-state index is 11.7. The molecule has 1 fully saturated rings. The summed E-state index contributed by atoms with van der Waals surface area (Å²) in [6, 6.07) is 8.24. The minimum Gasteiger partial charge on any atom is -0.354 e. The average Bonchev–Trinajstić information content (AvgIpc) is 2.86. The Labute approximate surface area is 115 Å². The second kappa shape index (κ2) is 5.74. The van der Waals surface area contributed by atoms with Crippen molar-refractivity contribution in [3.05, 3.63) is 35.4 Å². The molecule has 1 aliphatic rings. The van der Waals surface area contributed by atoms with Gasteiger partial charge in [0.05, 0.1) is 6.04 Å². The van der Waals surface area contributed by atoms with Gasteiger partial charge in [-0.25, -0.2) is 0 Å². The normalized spacial score (nSPS) is 19.1. The molecule has 2 rings (SSSR count). The monoisotopic (exact) mass is 260 g/mol. The maximum absolute atomic E-state index is 11.7. The van der Waals surface area contributed by atoms with Crippen LogP contribution in [0.1, 0.15) is 43.7 Å². The number of carbonyl (C=O) groups is 1. The number of hydrogen-bond donors (Lipinski definition) is 2. The van der Waals surface area contributed by atoms with Crippen molar-refractivity contribution in [1.29, 1.82) is 0 Å². The third kappa shape index (κ3) is 3.16. The largest absolute Gasteiger partial charge is 0.354 e. The van der Waals surface area contributed by atoms with Crippen LogP contribution in [0.4, 0.5) is 0 Å². The molecule has 3 heteroatoms. The topological polar surface area (TPSA) is 55.1 Å². The molecule has 0 radical (unpaired) electrons. The summed E-state index contributed by atoms with van der Waals surface area (Å²) >= 11 is 0. The smallest absolute Gasteiger partial charge is 0.236 e. The van der Waals surface area contributed by atoms with Crippen LogP contribution in [0.3, 0.4) is 0 Å². The van der Waals surface area contributed by atoms with Crippen LogP contribution in [-0.2, 0) is 10.2 Å². The number of nitrogens with one attached hydrogen (secondary N) is 1. The molecule has 3 N–H and O–H groups in total. The van der Waals surface area contributed by atoms with Crippen LogP contribution >= 0.6 is 0 Å². The van der Waals surface area contributed by atoms with Crippen molar-refractivity contribution in [1.82, 2.24) is 5.32 Å². The molecule has 1 amide bonds. The van der Waals surface area contributed by atoms with Crippen molar-refractivity contribution >= 4 is 5.91 Å². The first-order chi connectivity index (χ1) is 9.03. The van der Waals surface area contributed by atoms with Crippen molar-refractivity contribution in [2.75, 3.05) is 6.54 Å². The maximum Gasteiger partial charge on any atom is 0.236 e. The second-order valence-corrected chi connectivity index (χ2v) is 5.86. The molecule has 1 atom stereocenters. The molecule has 1 saturated carbocycles. The minimum atomic E-state index is -0.434. The lowest BCUT2D eigenvalue weighted by atomic mass is 9.78. The van der Waals surface area contributed by atoms with Gasteiger partial charge in [0.2, 0.25) is 5.91 Å². The Morgan fingerprint density at radius 2 is 2.11 bits per heavy atom. The summed E-state index contributed by atoms with van der Waals surface area (Å²) in [4.78, 5) is 11.7. The standard InChI is InChI=1S/C16H24N2O/c1-12-6-5-7-14(10-12)16(8-3-4-9-16)11-18-15(19)13(2)17/h5-7,10,13H,3-4,8-9,11,17H2,1-2H3,(H,18,19)/t13-/m0/s1. The van der Waals surface area contributed by atoms with Crippen molar-refractivity contribution in [3.63, 3.8) is 0 Å². The Bertz CT molecular complexity index is 448. The van der Waals surface area contributed by atoms with E-state index in [-0.39, 0.29) is 11.3 Å². The molecule has 3 nitrogen and oxygen atoms in total. The van der Waals surface area contributed by atoms with Gasteiger partial charge < -0.3 is 11.1 Å². The van der Waals surface area contributed by atoms with E-state index in [1.807, 2.05) is 0 Å². The zero-order valence-electron chi connectivity index (χ0n) is 11.9. The lowest BCUT2D eigenvalue weighted by molar-refractivity contribution is -0.122. The highest BCUT2D eigenvalue weighted by Gasteiger charge is 2.36. The quantitative estimate of drug-likeness (QED) is 0.872. The van der Waals surface area contributed by atoms with Crippen LogP contribution < -0.4 is 11.1 Å². The van der Waals surface area contributed by atoms with E-state index in [2.05, 4.69) is 36.5 Å². The van der Waals surface area contributed by atoms with Crippen molar-refractivity contribution < 1.29 is 4.79 Å². The van der Waals surface area contributed by atoms with E-state index >= 15 is 0 Å². The molecule has 1 aromatic rings. The average molecular weight is 260 g/mol. The first-order valence-electron chi connectivity index (χ1n) is 7.14. The third-order valence-electron chi connectivity index (χ3n) is 4.21. The van der Waals surface area contributed by atoms with E-state index in [0.29, 0.717) is 6.54 Å². The van der Waals surface area contributed by atoms with Gasteiger partial charge in [0.1, 0.15) is 0 Å². The molecule has 0 aliphatic heterocycles. The van der Waals surface area contributed by atoms with E-state index < -0.39 is 6.04 Å². The molecule has 0 spiro atoms. The van der Waals surface area contributed by atoms with Gasteiger partial charge >= 0.3 is 0 Å². The van der Waals surface area contributed by atoms with E-state index in [1.54, 1.807) is 6.92 Å². The van der Waals surface area contributed by atoms with Crippen molar-refractivity contribution in [2.45, 2.75) is 51.0 Å². The van der Waals surface area contributed by atoms with Crippen LogP contribution in [0.25, 0.3) is 0 Å². The summed E-state index contributed by atoms with van der Waals surface area (Å²) < 4.78 is 0. The molecule has 0 unspecified atom stereocenters. The number of nitrogens with two attached hydrogens (primary N) is 1. The van der Waals surface area contributed by atoms with E-state index in [0.717, 1.165) is 12.8 Å². The van der Waals surface area contributed by atoms with Crippen LogP contribution in [0.5, 0.6) is 0 Å². The van der Waals surface area contributed by atoms with Crippen LogP contribution in [0.2, 0.25) is 0 Å². The fourth-order valence-electron chi connectivity index (χ4n) is 3.01. The molecule has 0 heterocycles. The highest BCUT2D eigenvalue weighted by atomic mass is 16.2. The van der Waals surface area contributed by atoms with Gasteiger partial charge in [-0.2, -0.15) is 0 Å². The van der Waals surface area contributed by atoms with Crippen LogP contribution in [-0.4, -0.2) is 18.5 Å². The van der Waals surface area contributed by atoms with Gasteiger partial charge in [-0.3, -0.25) is 4.79 Å². The SMILES string of the molecule is Cc1cccc(C2(CNC(=O)[C@H](C)N)CCCC2)c1. The molecule has 0 saturated heterocycles. The Kier molecular flexibility index (Phi) is 4.25. The van der Waals surface area contributed by atoms with Gasteiger partial charge in [-0.05, 0) is 32.3 Å². The number of aryl methyl sites for hydroxylation is 1. The summed E-state index contributed by atoms with van der Waals surface area (Å²) in [6.07, 6.45) is 4.77. The van der Waals surface area contributed by atoms with E-state index in [1.165, 1.54) is 24.0 Å². The molecular formula is C16H24N2O. The van der Waals surface area contributed by atoms with Crippen molar-refractivity contribution in [2.24, 2.45) is 5.73 Å². The first kappa shape index (κ1) is 14.1. The Morgan fingerprint density at radius 1 is 1.42 bits per heavy atom. The van der Waals surface area contributed by atoms with E-state index in [9.17, 15) is 4.79 Å². The Balaban J connectivity index is 2.16.